The lowest BCUT2D eigenvalue weighted by atomic mass is 10.2. The Balaban J connectivity index is 1.77. The number of thiophene rings is 1. The summed E-state index contributed by atoms with van der Waals surface area (Å²) in [5.74, 6) is 1.20. The smallest absolute Gasteiger partial charge is 0.244 e. The van der Waals surface area contributed by atoms with Crippen LogP contribution in [-0.4, -0.2) is 40.6 Å². The van der Waals surface area contributed by atoms with Crippen LogP contribution < -0.4 is 5.32 Å². The van der Waals surface area contributed by atoms with Gasteiger partial charge in [-0.3, -0.25) is 9.69 Å². The largest absolute Gasteiger partial charge is 0.354 e. The molecule has 0 saturated carbocycles. The Bertz CT molecular complexity index is 566. The van der Waals surface area contributed by atoms with E-state index in [-0.39, 0.29) is 11.9 Å². The summed E-state index contributed by atoms with van der Waals surface area (Å²) in [5, 5.41) is 8.77. The molecule has 1 saturated heterocycles. The molecule has 0 aliphatic carbocycles. The standard InChI is InChI=1S/C12H14N4O2S/c1-8(16-5-4-13-10(17)7-16)12-14-11(15-18-12)9-3-2-6-19-9/h2-3,6,8H,4-5,7H2,1H3,(H,13,17)/t8-/m1/s1. The molecular formula is C12H14N4O2S. The second-order valence-corrected chi connectivity index (χ2v) is 5.38. The summed E-state index contributed by atoms with van der Waals surface area (Å²) in [4.78, 5) is 18.8. The number of nitrogens with zero attached hydrogens (tertiary/aromatic N) is 3. The van der Waals surface area contributed by atoms with Crippen molar-refractivity contribution in [2.75, 3.05) is 19.6 Å². The highest BCUT2D eigenvalue weighted by molar-refractivity contribution is 7.13. The maximum atomic E-state index is 11.4. The van der Waals surface area contributed by atoms with Crippen molar-refractivity contribution in [3.05, 3.63) is 23.4 Å². The number of amides is 1. The summed E-state index contributed by atoms with van der Waals surface area (Å²) in [5.41, 5.74) is 0. The summed E-state index contributed by atoms with van der Waals surface area (Å²) in [6, 6.07) is 3.86. The normalized spacial score (nSPS) is 18.3. The summed E-state index contributed by atoms with van der Waals surface area (Å²) in [6.07, 6.45) is 0. The van der Waals surface area contributed by atoms with Crippen LogP contribution in [0.2, 0.25) is 0 Å². The lowest BCUT2D eigenvalue weighted by molar-refractivity contribution is -0.125. The van der Waals surface area contributed by atoms with Crippen LogP contribution in [0.5, 0.6) is 0 Å². The van der Waals surface area contributed by atoms with Crippen LogP contribution in [0.15, 0.2) is 22.0 Å². The highest BCUT2D eigenvalue weighted by Gasteiger charge is 2.26. The van der Waals surface area contributed by atoms with Gasteiger partial charge in [-0.1, -0.05) is 11.2 Å². The molecule has 1 aliphatic heterocycles. The zero-order chi connectivity index (χ0) is 13.2. The van der Waals surface area contributed by atoms with E-state index in [2.05, 4.69) is 15.5 Å². The molecule has 1 atom stereocenters. The first-order chi connectivity index (χ1) is 9.24. The number of piperazine rings is 1. The Morgan fingerprint density at radius 2 is 2.47 bits per heavy atom. The minimum Gasteiger partial charge on any atom is -0.354 e. The van der Waals surface area contributed by atoms with Crippen molar-refractivity contribution in [1.29, 1.82) is 0 Å². The predicted octanol–water partition coefficient (Wildman–Crippen LogP) is 1.29. The first-order valence-corrected chi connectivity index (χ1v) is 7.00. The zero-order valence-electron chi connectivity index (χ0n) is 10.5. The average Bonchev–Trinajstić information content (AvgIpc) is 3.08. The van der Waals surface area contributed by atoms with Crippen LogP contribution in [-0.2, 0) is 4.79 Å². The van der Waals surface area contributed by atoms with Gasteiger partial charge in [0, 0.05) is 13.1 Å². The highest BCUT2D eigenvalue weighted by atomic mass is 32.1. The first-order valence-electron chi connectivity index (χ1n) is 6.12. The quantitative estimate of drug-likeness (QED) is 0.916. The van der Waals surface area contributed by atoms with Crippen molar-refractivity contribution in [1.82, 2.24) is 20.4 Å². The van der Waals surface area contributed by atoms with E-state index < -0.39 is 0 Å². The van der Waals surface area contributed by atoms with Crippen LogP contribution in [0.4, 0.5) is 0 Å². The number of carbonyl (C=O) groups excluding carboxylic acids is 1. The second-order valence-electron chi connectivity index (χ2n) is 4.43. The van der Waals surface area contributed by atoms with Crippen LogP contribution in [0.3, 0.4) is 0 Å². The van der Waals surface area contributed by atoms with Gasteiger partial charge >= 0.3 is 0 Å². The van der Waals surface area contributed by atoms with E-state index in [9.17, 15) is 4.79 Å². The third-order valence-corrected chi connectivity index (χ3v) is 4.02. The molecule has 0 spiro atoms. The topological polar surface area (TPSA) is 71.3 Å². The van der Waals surface area contributed by atoms with Gasteiger partial charge in [-0.05, 0) is 18.4 Å². The molecule has 100 valence electrons. The number of hydrogen-bond acceptors (Lipinski definition) is 6. The molecule has 6 nitrogen and oxygen atoms in total. The zero-order valence-corrected chi connectivity index (χ0v) is 11.3. The summed E-state index contributed by atoms with van der Waals surface area (Å²) >= 11 is 1.57. The molecule has 3 heterocycles. The third kappa shape index (κ3) is 2.52. The summed E-state index contributed by atoms with van der Waals surface area (Å²) in [6.45, 7) is 3.81. The van der Waals surface area contributed by atoms with Crippen LogP contribution >= 0.6 is 11.3 Å². The van der Waals surface area contributed by atoms with Gasteiger partial charge in [-0.15, -0.1) is 11.3 Å². The molecule has 1 aliphatic rings. The molecule has 0 bridgehead atoms. The molecule has 0 aromatic carbocycles. The van der Waals surface area contributed by atoms with Crippen molar-refractivity contribution in [3.63, 3.8) is 0 Å². The fraction of sp³-hybridized carbons (Fsp3) is 0.417. The number of rotatable bonds is 3. The Hall–Kier alpha value is -1.73. The maximum Gasteiger partial charge on any atom is 0.244 e. The van der Waals surface area contributed by atoms with Gasteiger partial charge in [-0.25, -0.2) is 0 Å². The average molecular weight is 278 g/mol. The number of carbonyl (C=O) groups is 1. The van der Waals surface area contributed by atoms with E-state index in [4.69, 9.17) is 4.52 Å². The summed E-state index contributed by atoms with van der Waals surface area (Å²) < 4.78 is 5.31. The number of aromatic nitrogens is 2. The van der Waals surface area contributed by atoms with E-state index in [0.717, 1.165) is 11.4 Å². The molecule has 7 heteroatoms. The fourth-order valence-corrected chi connectivity index (χ4v) is 2.71. The molecule has 0 radical (unpaired) electrons. The van der Waals surface area contributed by atoms with Crippen molar-refractivity contribution in [3.8, 4) is 10.7 Å². The van der Waals surface area contributed by atoms with E-state index in [1.165, 1.54) is 0 Å². The molecule has 0 unspecified atom stereocenters. The predicted molar refractivity (Wildman–Crippen MR) is 70.6 cm³/mol. The molecule has 1 fully saturated rings. The molecule has 2 aromatic heterocycles. The molecule has 19 heavy (non-hydrogen) atoms. The van der Waals surface area contributed by atoms with Crippen molar-refractivity contribution < 1.29 is 9.32 Å². The number of hydrogen-bond donors (Lipinski definition) is 1. The molecule has 1 amide bonds. The minimum atomic E-state index is -0.0488. The SMILES string of the molecule is C[C@H](c1nc(-c2cccs2)no1)N1CCNC(=O)C1. The molecule has 2 aromatic rings. The maximum absolute atomic E-state index is 11.4. The number of nitrogens with one attached hydrogen (secondary N) is 1. The molecular weight excluding hydrogens is 264 g/mol. The van der Waals surface area contributed by atoms with Gasteiger partial charge in [0.1, 0.15) is 0 Å². The lowest BCUT2D eigenvalue weighted by Gasteiger charge is -2.29. The Morgan fingerprint density at radius 3 is 3.21 bits per heavy atom. The fourth-order valence-electron chi connectivity index (χ4n) is 2.06. The Morgan fingerprint density at radius 1 is 1.58 bits per heavy atom. The van der Waals surface area contributed by atoms with Gasteiger partial charge in [-0.2, -0.15) is 4.98 Å². The minimum absolute atomic E-state index is 0.0381. The lowest BCUT2D eigenvalue weighted by Crippen LogP contribution is -2.48. The first kappa shape index (κ1) is 12.3. The highest BCUT2D eigenvalue weighted by Crippen LogP contribution is 2.25. The van der Waals surface area contributed by atoms with Crippen molar-refractivity contribution in [2.24, 2.45) is 0 Å². The summed E-state index contributed by atoms with van der Waals surface area (Å²) in [7, 11) is 0. The Labute approximate surface area is 114 Å². The third-order valence-electron chi connectivity index (χ3n) is 3.16. The molecule has 1 N–H and O–H groups in total. The monoisotopic (exact) mass is 278 g/mol. The van der Waals surface area contributed by atoms with Crippen LogP contribution in [0, 0.1) is 0 Å². The van der Waals surface area contributed by atoms with E-state index >= 15 is 0 Å². The van der Waals surface area contributed by atoms with Crippen LogP contribution in [0.25, 0.3) is 10.7 Å². The second kappa shape index (κ2) is 5.10. The van der Waals surface area contributed by atoms with Gasteiger partial charge in [0.25, 0.3) is 0 Å². The van der Waals surface area contributed by atoms with Crippen molar-refractivity contribution in [2.45, 2.75) is 13.0 Å². The van der Waals surface area contributed by atoms with Gasteiger partial charge in [0.05, 0.1) is 17.5 Å². The van der Waals surface area contributed by atoms with E-state index in [1.807, 2.05) is 29.3 Å². The van der Waals surface area contributed by atoms with Gasteiger partial charge in [0.15, 0.2) is 0 Å². The van der Waals surface area contributed by atoms with Crippen LogP contribution in [0.1, 0.15) is 18.9 Å². The van der Waals surface area contributed by atoms with Gasteiger partial charge < -0.3 is 9.84 Å². The van der Waals surface area contributed by atoms with E-state index in [0.29, 0.717) is 24.8 Å². The van der Waals surface area contributed by atoms with E-state index in [1.54, 1.807) is 11.3 Å². The Kier molecular flexibility index (Phi) is 3.31. The van der Waals surface area contributed by atoms with Gasteiger partial charge in [0.2, 0.25) is 17.6 Å². The van der Waals surface area contributed by atoms with Crippen molar-refractivity contribution >= 4 is 17.2 Å². The molecule has 3 rings (SSSR count).